The van der Waals surface area contributed by atoms with E-state index in [1.807, 2.05) is 0 Å². The van der Waals surface area contributed by atoms with E-state index in [1.54, 1.807) is 0 Å². The number of hydrogen-bond donors (Lipinski definition) is 0. The molecule has 1 heterocycles. The third-order valence-corrected chi connectivity index (χ3v) is 3.98. The highest BCUT2D eigenvalue weighted by Gasteiger charge is 2.35. The molecular weight excluding hydrogens is 238 g/mol. The van der Waals surface area contributed by atoms with E-state index in [0.29, 0.717) is 15.9 Å². The number of hydrogen-bond acceptors (Lipinski definition) is 1. The first-order valence-electron chi connectivity index (χ1n) is 3.72. The second kappa shape index (κ2) is 3.43. The normalized spacial score (nSPS) is 47.9. The standard InChI is InChI=1S/C7H12BIO/c1-3-5-4(2)6(9)7(8)10-5/h4-7H,3H2,1-2H3. The molecule has 2 radical (unpaired) electrons. The molecule has 0 aliphatic carbocycles. The number of rotatable bonds is 1. The Kier molecular flexibility index (Phi) is 3.04. The van der Waals surface area contributed by atoms with E-state index in [2.05, 4.69) is 36.4 Å². The fourth-order valence-corrected chi connectivity index (χ4v) is 2.01. The maximum atomic E-state index is 5.70. The van der Waals surface area contributed by atoms with E-state index in [-0.39, 0.29) is 6.00 Å². The lowest BCUT2D eigenvalue weighted by Gasteiger charge is -2.12. The summed E-state index contributed by atoms with van der Waals surface area (Å²) in [5, 5.41) is 0. The minimum Gasteiger partial charge on any atom is -0.383 e. The second-order valence-electron chi connectivity index (χ2n) is 2.85. The molecule has 1 rings (SSSR count). The van der Waals surface area contributed by atoms with E-state index < -0.39 is 0 Å². The molecule has 1 nitrogen and oxygen atoms in total. The van der Waals surface area contributed by atoms with Gasteiger partial charge in [0.1, 0.15) is 7.85 Å². The van der Waals surface area contributed by atoms with Crippen LogP contribution in [0.25, 0.3) is 0 Å². The van der Waals surface area contributed by atoms with Gasteiger partial charge in [0.2, 0.25) is 0 Å². The van der Waals surface area contributed by atoms with Crippen molar-refractivity contribution < 1.29 is 4.74 Å². The Labute approximate surface area is 77.5 Å². The molecule has 1 aliphatic heterocycles. The van der Waals surface area contributed by atoms with E-state index in [1.165, 1.54) is 0 Å². The average molecular weight is 250 g/mol. The molecule has 1 fully saturated rings. The molecule has 0 aromatic carbocycles. The van der Waals surface area contributed by atoms with Crippen LogP contribution in [0.5, 0.6) is 0 Å². The molecule has 1 saturated heterocycles. The summed E-state index contributed by atoms with van der Waals surface area (Å²) >= 11 is 2.37. The van der Waals surface area contributed by atoms with Gasteiger partial charge in [-0.3, -0.25) is 0 Å². The van der Waals surface area contributed by atoms with Crippen molar-refractivity contribution >= 4 is 30.4 Å². The quantitative estimate of drug-likeness (QED) is 0.391. The van der Waals surface area contributed by atoms with Crippen LogP contribution in [0.4, 0.5) is 0 Å². The van der Waals surface area contributed by atoms with Gasteiger partial charge in [0.25, 0.3) is 0 Å². The van der Waals surface area contributed by atoms with E-state index in [4.69, 9.17) is 12.6 Å². The summed E-state index contributed by atoms with van der Waals surface area (Å²) in [6, 6.07) is -0.0412. The van der Waals surface area contributed by atoms with Gasteiger partial charge in [-0.05, 0) is 12.3 Å². The van der Waals surface area contributed by atoms with Crippen LogP contribution >= 0.6 is 22.6 Å². The predicted octanol–water partition coefficient (Wildman–Crippen LogP) is 1.73. The van der Waals surface area contributed by atoms with Gasteiger partial charge in [-0.2, -0.15) is 0 Å². The first-order valence-corrected chi connectivity index (χ1v) is 4.96. The summed E-state index contributed by atoms with van der Waals surface area (Å²) in [7, 11) is 5.70. The van der Waals surface area contributed by atoms with Crippen LogP contribution in [-0.2, 0) is 4.74 Å². The van der Waals surface area contributed by atoms with E-state index >= 15 is 0 Å². The molecule has 0 saturated carbocycles. The van der Waals surface area contributed by atoms with Gasteiger partial charge in [-0.25, -0.2) is 0 Å². The fraction of sp³-hybridized carbons (Fsp3) is 1.00. The van der Waals surface area contributed by atoms with E-state index in [9.17, 15) is 0 Å². The Morgan fingerprint density at radius 1 is 1.60 bits per heavy atom. The van der Waals surface area contributed by atoms with Crippen LogP contribution in [0.2, 0.25) is 0 Å². The minimum atomic E-state index is -0.0412. The fourth-order valence-electron chi connectivity index (χ4n) is 1.37. The summed E-state index contributed by atoms with van der Waals surface area (Å²) < 4.78 is 5.99. The number of ether oxygens (including phenoxy) is 1. The maximum absolute atomic E-state index is 5.70. The largest absolute Gasteiger partial charge is 0.383 e. The molecule has 0 aromatic rings. The van der Waals surface area contributed by atoms with Crippen molar-refractivity contribution in [2.45, 2.75) is 36.3 Å². The summed E-state index contributed by atoms with van der Waals surface area (Å²) in [6.45, 7) is 4.35. The first kappa shape index (κ1) is 8.85. The molecule has 0 N–H and O–H groups in total. The van der Waals surface area contributed by atoms with Crippen LogP contribution in [0.3, 0.4) is 0 Å². The van der Waals surface area contributed by atoms with Gasteiger partial charge in [0.15, 0.2) is 0 Å². The summed E-state index contributed by atoms with van der Waals surface area (Å²) in [5.41, 5.74) is 0. The Morgan fingerprint density at radius 3 is 2.40 bits per heavy atom. The van der Waals surface area contributed by atoms with E-state index in [0.717, 1.165) is 6.42 Å². The van der Waals surface area contributed by atoms with Gasteiger partial charge < -0.3 is 4.74 Å². The maximum Gasteiger partial charge on any atom is 0.110 e. The molecule has 3 heteroatoms. The second-order valence-corrected chi connectivity index (χ2v) is 4.29. The molecule has 10 heavy (non-hydrogen) atoms. The smallest absolute Gasteiger partial charge is 0.110 e. The first-order chi connectivity index (χ1) is 4.66. The van der Waals surface area contributed by atoms with Gasteiger partial charge in [0, 0.05) is 9.93 Å². The molecule has 0 aromatic heterocycles. The lowest BCUT2D eigenvalue weighted by Crippen LogP contribution is -2.18. The topological polar surface area (TPSA) is 9.23 Å². The Bertz CT molecular complexity index is 120. The third-order valence-electron chi connectivity index (χ3n) is 2.14. The number of alkyl halides is 1. The summed E-state index contributed by atoms with van der Waals surface area (Å²) in [4.78, 5) is 0. The zero-order valence-corrected chi connectivity index (χ0v) is 8.54. The SMILES string of the molecule is [B]C1OC(CC)C(C)C1I. The minimum absolute atomic E-state index is 0.0412. The Hall–Kier alpha value is 0.755. The van der Waals surface area contributed by atoms with Gasteiger partial charge in [-0.15, -0.1) is 0 Å². The Morgan fingerprint density at radius 2 is 2.20 bits per heavy atom. The van der Waals surface area contributed by atoms with Crippen LogP contribution in [-0.4, -0.2) is 23.9 Å². The van der Waals surface area contributed by atoms with Crippen LogP contribution < -0.4 is 0 Å². The molecule has 0 spiro atoms. The molecular formula is C7H12BIO. The molecule has 4 unspecified atom stereocenters. The monoisotopic (exact) mass is 250 g/mol. The van der Waals surface area contributed by atoms with Gasteiger partial charge in [-0.1, -0.05) is 36.4 Å². The highest BCUT2D eigenvalue weighted by atomic mass is 127. The summed E-state index contributed by atoms with van der Waals surface area (Å²) in [5.74, 6) is 0.612. The lowest BCUT2D eigenvalue weighted by molar-refractivity contribution is 0.0722. The molecule has 4 atom stereocenters. The molecule has 0 bridgehead atoms. The van der Waals surface area contributed by atoms with Crippen molar-refractivity contribution in [3.8, 4) is 0 Å². The van der Waals surface area contributed by atoms with Crippen molar-refractivity contribution in [3.05, 3.63) is 0 Å². The van der Waals surface area contributed by atoms with Crippen molar-refractivity contribution in [1.29, 1.82) is 0 Å². The van der Waals surface area contributed by atoms with Crippen molar-refractivity contribution in [2.24, 2.45) is 5.92 Å². The lowest BCUT2D eigenvalue weighted by atomic mass is 9.91. The van der Waals surface area contributed by atoms with Crippen molar-refractivity contribution in [1.82, 2.24) is 0 Å². The van der Waals surface area contributed by atoms with Crippen LogP contribution in [0.15, 0.2) is 0 Å². The molecule has 1 aliphatic rings. The highest BCUT2D eigenvalue weighted by molar-refractivity contribution is 14.1. The summed E-state index contributed by atoms with van der Waals surface area (Å²) in [6.07, 6.45) is 1.46. The van der Waals surface area contributed by atoms with Crippen molar-refractivity contribution in [3.63, 3.8) is 0 Å². The van der Waals surface area contributed by atoms with Crippen LogP contribution in [0.1, 0.15) is 20.3 Å². The Balaban J connectivity index is 2.53. The third kappa shape index (κ3) is 1.50. The molecule has 56 valence electrons. The average Bonchev–Trinajstić information content (AvgIpc) is 2.17. The van der Waals surface area contributed by atoms with Gasteiger partial charge >= 0.3 is 0 Å². The zero-order chi connectivity index (χ0) is 7.72. The van der Waals surface area contributed by atoms with Gasteiger partial charge in [0.05, 0.1) is 6.10 Å². The predicted molar refractivity (Wildman–Crippen MR) is 51.7 cm³/mol. The molecule has 0 amide bonds. The zero-order valence-electron chi connectivity index (χ0n) is 6.38. The number of halogens is 1. The highest BCUT2D eigenvalue weighted by Crippen LogP contribution is 2.32. The van der Waals surface area contributed by atoms with Crippen molar-refractivity contribution in [2.75, 3.05) is 0 Å². The van der Waals surface area contributed by atoms with Crippen LogP contribution in [0, 0.1) is 5.92 Å².